The van der Waals surface area contributed by atoms with Crippen LogP contribution in [0.3, 0.4) is 0 Å². The third-order valence-electron chi connectivity index (χ3n) is 3.03. The summed E-state index contributed by atoms with van der Waals surface area (Å²) in [7, 11) is -3.31. The Labute approximate surface area is 112 Å². The van der Waals surface area contributed by atoms with Gasteiger partial charge in [-0.15, -0.1) is 0 Å². The molecule has 1 unspecified atom stereocenters. The van der Waals surface area contributed by atoms with Gasteiger partial charge in [-0.25, -0.2) is 13.1 Å². The molecule has 106 valence electrons. The van der Waals surface area contributed by atoms with Crippen LogP contribution in [0.1, 0.15) is 65.2 Å². The zero-order valence-corrected chi connectivity index (χ0v) is 12.4. The van der Waals surface area contributed by atoms with Gasteiger partial charge in [-0.1, -0.05) is 52.4 Å². The second kappa shape index (κ2) is 10.3. The van der Waals surface area contributed by atoms with Crippen LogP contribution in [0.25, 0.3) is 0 Å². The van der Waals surface area contributed by atoms with Gasteiger partial charge in [-0.3, -0.25) is 0 Å². The quantitative estimate of drug-likeness (QED) is 0.465. The number of hydrogen-bond donors (Lipinski definition) is 1. The molecule has 5 heteroatoms. The topological polar surface area (TPSA) is 70.0 Å². The van der Waals surface area contributed by atoms with Gasteiger partial charge in [0.25, 0.3) is 0 Å². The average Bonchev–Trinajstić information content (AvgIpc) is 2.35. The summed E-state index contributed by atoms with van der Waals surface area (Å²) in [4.78, 5) is 0. The first kappa shape index (κ1) is 17.4. The molecule has 18 heavy (non-hydrogen) atoms. The number of nitrogens with zero attached hydrogens (tertiary/aromatic N) is 1. The van der Waals surface area contributed by atoms with Crippen LogP contribution >= 0.6 is 0 Å². The molecule has 0 radical (unpaired) electrons. The molecule has 1 atom stereocenters. The SMILES string of the molecule is CCCCCCCC(CCC)S(=O)(=O)NCC#N. The first-order valence-electron chi connectivity index (χ1n) is 6.93. The van der Waals surface area contributed by atoms with Crippen molar-refractivity contribution in [3.63, 3.8) is 0 Å². The van der Waals surface area contributed by atoms with Crippen molar-refractivity contribution in [2.45, 2.75) is 70.5 Å². The van der Waals surface area contributed by atoms with E-state index in [4.69, 9.17) is 5.26 Å². The van der Waals surface area contributed by atoms with Gasteiger partial charge in [0.15, 0.2) is 0 Å². The standard InChI is InChI=1S/C13H26N2O2S/c1-3-5-6-7-8-10-13(9-4-2)18(16,17)15-12-11-14/h13,15H,3-10,12H2,1-2H3. The highest BCUT2D eigenvalue weighted by molar-refractivity contribution is 7.90. The van der Waals surface area contributed by atoms with E-state index in [1.165, 1.54) is 19.3 Å². The van der Waals surface area contributed by atoms with Gasteiger partial charge < -0.3 is 0 Å². The maximum atomic E-state index is 11.9. The summed E-state index contributed by atoms with van der Waals surface area (Å²) in [5.41, 5.74) is 0. The third kappa shape index (κ3) is 7.67. The van der Waals surface area contributed by atoms with Crippen LogP contribution in [-0.4, -0.2) is 20.2 Å². The van der Waals surface area contributed by atoms with Crippen molar-refractivity contribution < 1.29 is 8.42 Å². The van der Waals surface area contributed by atoms with E-state index in [9.17, 15) is 8.42 Å². The minimum absolute atomic E-state index is 0.127. The highest BCUT2D eigenvalue weighted by Crippen LogP contribution is 2.16. The average molecular weight is 274 g/mol. The molecule has 0 saturated heterocycles. The van der Waals surface area contributed by atoms with Crippen LogP contribution < -0.4 is 4.72 Å². The summed E-state index contributed by atoms with van der Waals surface area (Å²) in [5, 5.41) is 8.10. The molecule has 0 bridgehead atoms. The Balaban J connectivity index is 4.16. The number of rotatable bonds is 11. The first-order chi connectivity index (χ1) is 8.58. The van der Waals surface area contributed by atoms with Crippen LogP contribution in [0.4, 0.5) is 0 Å². The molecule has 0 spiro atoms. The molecule has 0 heterocycles. The fraction of sp³-hybridized carbons (Fsp3) is 0.923. The molecule has 4 nitrogen and oxygen atoms in total. The van der Waals surface area contributed by atoms with Gasteiger partial charge in [0.05, 0.1) is 17.9 Å². The van der Waals surface area contributed by atoms with Crippen LogP contribution in [0.2, 0.25) is 0 Å². The van der Waals surface area contributed by atoms with Gasteiger partial charge >= 0.3 is 0 Å². The Morgan fingerprint density at radius 3 is 2.28 bits per heavy atom. The Morgan fingerprint density at radius 2 is 1.72 bits per heavy atom. The number of hydrogen-bond acceptors (Lipinski definition) is 3. The summed E-state index contributed by atoms with van der Waals surface area (Å²) in [6.07, 6.45) is 7.89. The maximum absolute atomic E-state index is 11.9. The van der Waals surface area contributed by atoms with Crippen molar-refractivity contribution in [1.82, 2.24) is 4.72 Å². The van der Waals surface area contributed by atoms with Crippen molar-refractivity contribution in [1.29, 1.82) is 5.26 Å². The van der Waals surface area contributed by atoms with Crippen molar-refractivity contribution in [3.05, 3.63) is 0 Å². The monoisotopic (exact) mass is 274 g/mol. The molecule has 0 fully saturated rings. The number of unbranched alkanes of at least 4 members (excludes halogenated alkanes) is 4. The van der Waals surface area contributed by atoms with Gasteiger partial charge in [0, 0.05) is 0 Å². The van der Waals surface area contributed by atoms with E-state index in [2.05, 4.69) is 11.6 Å². The number of sulfonamides is 1. The summed E-state index contributed by atoms with van der Waals surface area (Å²) in [6.45, 7) is 4.03. The zero-order chi connectivity index (χ0) is 13.9. The molecular weight excluding hydrogens is 248 g/mol. The molecule has 0 aromatic rings. The fourth-order valence-corrected chi connectivity index (χ4v) is 3.53. The Hall–Kier alpha value is -0.600. The van der Waals surface area contributed by atoms with E-state index in [1.54, 1.807) is 0 Å². The van der Waals surface area contributed by atoms with E-state index in [0.29, 0.717) is 12.8 Å². The highest BCUT2D eigenvalue weighted by Gasteiger charge is 2.23. The predicted molar refractivity (Wildman–Crippen MR) is 74.6 cm³/mol. The normalized spacial score (nSPS) is 13.2. The highest BCUT2D eigenvalue weighted by atomic mass is 32.2. The molecule has 0 aromatic carbocycles. The Kier molecular flexibility index (Phi) is 9.99. The van der Waals surface area contributed by atoms with Crippen molar-refractivity contribution in [3.8, 4) is 6.07 Å². The van der Waals surface area contributed by atoms with Crippen LogP contribution in [0.15, 0.2) is 0 Å². The number of nitrogens with one attached hydrogen (secondary N) is 1. The third-order valence-corrected chi connectivity index (χ3v) is 4.93. The van der Waals surface area contributed by atoms with E-state index in [-0.39, 0.29) is 11.8 Å². The second-order valence-corrected chi connectivity index (χ2v) is 6.68. The maximum Gasteiger partial charge on any atom is 0.215 e. The van der Waals surface area contributed by atoms with Crippen LogP contribution in [0, 0.1) is 11.3 Å². The van der Waals surface area contributed by atoms with Crippen molar-refractivity contribution in [2.24, 2.45) is 0 Å². The lowest BCUT2D eigenvalue weighted by molar-refractivity contribution is 0.527. The van der Waals surface area contributed by atoms with Gasteiger partial charge in [-0.2, -0.15) is 5.26 Å². The summed E-state index contributed by atoms with van der Waals surface area (Å²) in [5.74, 6) is 0. The Morgan fingerprint density at radius 1 is 1.06 bits per heavy atom. The van der Waals surface area contributed by atoms with E-state index in [0.717, 1.165) is 19.3 Å². The van der Waals surface area contributed by atoms with Gasteiger partial charge in [0.2, 0.25) is 10.0 Å². The van der Waals surface area contributed by atoms with E-state index in [1.807, 2.05) is 13.0 Å². The van der Waals surface area contributed by atoms with Gasteiger partial charge in [-0.05, 0) is 12.8 Å². The summed E-state index contributed by atoms with van der Waals surface area (Å²) in [6, 6.07) is 1.81. The molecular formula is C13H26N2O2S. The van der Waals surface area contributed by atoms with E-state index < -0.39 is 10.0 Å². The fourth-order valence-electron chi connectivity index (χ4n) is 2.00. The second-order valence-electron chi connectivity index (χ2n) is 4.64. The van der Waals surface area contributed by atoms with E-state index >= 15 is 0 Å². The molecule has 0 aliphatic heterocycles. The molecule has 0 rings (SSSR count). The smallest absolute Gasteiger partial charge is 0.212 e. The van der Waals surface area contributed by atoms with Gasteiger partial charge in [0.1, 0.15) is 0 Å². The minimum atomic E-state index is -3.31. The van der Waals surface area contributed by atoms with Crippen LogP contribution in [0.5, 0.6) is 0 Å². The Bertz CT molecular complexity index is 333. The lowest BCUT2D eigenvalue weighted by atomic mass is 10.1. The van der Waals surface area contributed by atoms with Crippen LogP contribution in [-0.2, 0) is 10.0 Å². The molecule has 0 saturated carbocycles. The zero-order valence-electron chi connectivity index (χ0n) is 11.6. The molecule has 0 aromatic heterocycles. The predicted octanol–water partition coefficient (Wildman–Crippen LogP) is 2.96. The lowest BCUT2D eigenvalue weighted by Gasteiger charge is -2.16. The molecule has 1 N–H and O–H groups in total. The first-order valence-corrected chi connectivity index (χ1v) is 8.48. The number of nitriles is 1. The summed E-state index contributed by atoms with van der Waals surface area (Å²) < 4.78 is 26.2. The van der Waals surface area contributed by atoms with Crippen molar-refractivity contribution in [2.75, 3.05) is 6.54 Å². The largest absolute Gasteiger partial charge is 0.215 e. The lowest BCUT2D eigenvalue weighted by Crippen LogP contribution is -2.34. The molecule has 0 aliphatic rings. The molecule has 0 aliphatic carbocycles. The van der Waals surface area contributed by atoms with Crippen molar-refractivity contribution >= 4 is 10.0 Å². The summed E-state index contributed by atoms with van der Waals surface area (Å²) >= 11 is 0. The minimum Gasteiger partial charge on any atom is -0.212 e. The molecule has 0 amide bonds.